The summed E-state index contributed by atoms with van der Waals surface area (Å²) in [5.41, 5.74) is 1.16. The molecule has 0 spiro atoms. The van der Waals surface area contributed by atoms with Crippen molar-refractivity contribution in [3.8, 4) is 0 Å². The Morgan fingerprint density at radius 3 is 2.78 bits per heavy atom. The van der Waals surface area contributed by atoms with Crippen molar-refractivity contribution in [1.29, 1.82) is 0 Å². The Hall–Kier alpha value is -1.85. The number of hydrogen-bond acceptors (Lipinski definition) is 5. The second-order valence-corrected chi connectivity index (χ2v) is 6.27. The van der Waals surface area contributed by atoms with Crippen molar-refractivity contribution in [2.75, 3.05) is 18.0 Å². The highest BCUT2D eigenvalue weighted by Gasteiger charge is 2.15. The largest absolute Gasteiger partial charge is 0.467 e. The zero-order valence-electron chi connectivity index (χ0n) is 13.6. The van der Waals surface area contributed by atoms with E-state index in [2.05, 4.69) is 34.3 Å². The number of pyridine rings is 1. The third-order valence-corrected chi connectivity index (χ3v) is 4.34. The lowest BCUT2D eigenvalue weighted by atomic mass is 10.1. The van der Waals surface area contributed by atoms with Crippen molar-refractivity contribution in [3.05, 3.63) is 48.0 Å². The number of anilines is 1. The molecule has 0 radical (unpaired) electrons. The minimum absolute atomic E-state index is 0.188. The average Bonchev–Trinajstić information content (AvgIpc) is 3.26. The fourth-order valence-corrected chi connectivity index (χ4v) is 2.96. The Morgan fingerprint density at radius 2 is 2.13 bits per heavy atom. The average molecular weight is 315 g/mol. The fraction of sp³-hybridized carbons (Fsp3) is 0.500. The van der Waals surface area contributed by atoms with Gasteiger partial charge in [0, 0.05) is 31.9 Å². The van der Waals surface area contributed by atoms with E-state index in [4.69, 9.17) is 4.42 Å². The van der Waals surface area contributed by atoms with Gasteiger partial charge in [0.15, 0.2) is 0 Å². The molecule has 2 aromatic heterocycles. The third-order valence-electron chi connectivity index (χ3n) is 4.34. The summed E-state index contributed by atoms with van der Waals surface area (Å²) in [6.45, 7) is 5.05. The first-order chi connectivity index (χ1) is 11.2. The lowest BCUT2D eigenvalue weighted by Crippen LogP contribution is -2.27. The van der Waals surface area contributed by atoms with Gasteiger partial charge in [0.25, 0.3) is 0 Å². The fourth-order valence-electron chi connectivity index (χ4n) is 2.96. The summed E-state index contributed by atoms with van der Waals surface area (Å²) in [5, 5.41) is 13.5. The van der Waals surface area contributed by atoms with Crippen LogP contribution in [0.5, 0.6) is 0 Å². The number of rotatable bonds is 7. The number of furan rings is 1. The Kier molecular flexibility index (Phi) is 5.31. The molecule has 2 atom stereocenters. The van der Waals surface area contributed by atoms with E-state index >= 15 is 0 Å². The van der Waals surface area contributed by atoms with E-state index in [0.717, 1.165) is 31.0 Å². The van der Waals surface area contributed by atoms with Gasteiger partial charge < -0.3 is 19.7 Å². The summed E-state index contributed by atoms with van der Waals surface area (Å²) in [6.07, 6.45) is 6.11. The second kappa shape index (κ2) is 7.62. The molecule has 1 fully saturated rings. The van der Waals surface area contributed by atoms with Crippen molar-refractivity contribution < 1.29 is 9.52 Å². The van der Waals surface area contributed by atoms with Gasteiger partial charge in [-0.15, -0.1) is 0 Å². The number of aliphatic hydroxyl groups excluding tert-OH is 1. The smallest absolute Gasteiger partial charge is 0.132 e. The maximum absolute atomic E-state index is 10.1. The summed E-state index contributed by atoms with van der Waals surface area (Å²) < 4.78 is 5.23. The maximum atomic E-state index is 10.1. The molecule has 1 saturated heterocycles. The lowest BCUT2D eigenvalue weighted by Gasteiger charge is -2.18. The highest BCUT2D eigenvalue weighted by Crippen LogP contribution is 2.19. The van der Waals surface area contributed by atoms with Gasteiger partial charge in [-0.1, -0.05) is 6.07 Å². The standard InChI is InChI=1S/C18H25N3O2/c1-14(11-16(22)17-5-4-10-23-17)19-12-15-6-7-18(20-13-15)21-8-2-3-9-21/h4-7,10,13-14,16,19,22H,2-3,8-9,11-12H2,1H3. The van der Waals surface area contributed by atoms with Gasteiger partial charge in [-0.25, -0.2) is 4.98 Å². The summed E-state index contributed by atoms with van der Waals surface area (Å²) in [5.74, 6) is 1.70. The number of nitrogens with zero attached hydrogens (tertiary/aromatic N) is 2. The maximum Gasteiger partial charge on any atom is 0.132 e. The Bertz CT molecular complexity index is 577. The molecule has 1 aliphatic heterocycles. The molecule has 0 amide bonds. The van der Waals surface area contributed by atoms with Gasteiger partial charge >= 0.3 is 0 Å². The molecule has 124 valence electrons. The van der Waals surface area contributed by atoms with Crippen molar-refractivity contribution in [2.45, 2.75) is 44.9 Å². The number of nitrogens with one attached hydrogen (secondary N) is 1. The first kappa shape index (κ1) is 16.0. The molecule has 0 aliphatic carbocycles. The van der Waals surface area contributed by atoms with Gasteiger partial charge in [-0.3, -0.25) is 0 Å². The predicted octanol–water partition coefficient (Wildman–Crippen LogP) is 2.88. The van der Waals surface area contributed by atoms with Crippen LogP contribution < -0.4 is 10.2 Å². The molecule has 1 aliphatic rings. The predicted molar refractivity (Wildman–Crippen MR) is 90.3 cm³/mol. The molecule has 5 heteroatoms. The van der Waals surface area contributed by atoms with Crippen molar-refractivity contribution >= 4 is 5.82 Å². The zero-order chi connectivity index (χ0) is 16.1. The van der Waals surface area contributed by atoms with Crippen LogP contribution in [0.1, 0.15) is 43.6 Å². The van der Waals surface area contributed by atoms with Crippen LogP contribution in [0.3, 0.4) is 0 Å². The highest BCUT2D eigenvalue weighted by atomic mass is 16.4. The van der Waals surface area contributed by atoms with E-state index in [9.17, 15) is 5.11 Å². The monoisotopic (exact) mass is 315 g/mol. The summed E-state index contributed by atoms with van der Waals surface area (Å²) >= 11 is 0. The Labute approximate surface area is 137 Å². The van der Waals surface area contributed by atoms with Crippen LogP contribution in [0.15, 0.2) is 41.1 Å². The number of aromatic nitrogens is 1. The van der Waals surface area contributed by atoms with Gasteiger partial charge in [0.05, 0.1) is 6.26 Å². The summed E-state index contributed by atoms with van der Waals surface area (Å²) in [4.78, 5) is 6.89. The van der Waals surface area contributed by atoms with Crippen LogP contribution in [0.2, 0.25) is 0 Å². The molecule has 0 aromatic carbocycles. The van der Waals surface area contributed by atoms with E-state index < -0.39 is 6.10 Å². The van der Waals surface area contributed by atoms with E-state index in [-0.39, 0.29) is 6.04 Å². The molecule has 3 heterocycles. The topological polar surface area (TPSA) is 61.5 Å². The normalized spacial score (nSPS) is 17.4. The highest BCUT2D eigenvalue weighted by molar-refractivity contribution is 5.40. The summed E-state index contributed by atoms with van der Waals surface area (Å²) in [7, 11) is 0. The minimum atomic E-state index is -0.567. The van der Waals surface area contributed by atoms with Crippen LogP contribution in [0.4, 0.5) is 5.82 Å². The molecule has 2 aromatic rings. The van der Waals surface area contributed by atoms with Gasteiger partial charge in [-0.05, 0) is 49.9 Å². The van der Waals surface area contributed by atoms with E-state index in [0.29, 0.717) is 12.2 Å². The Balaban J connectivity index is 1.46. The first-order valence-corrected chi connectivity index (χ1v) is 8.37. The van der Waals surface area contributed by atoms with Crippen molar-refractivity contribution in [3.63, 3.8) is 0 Å². The van der Waals surface area contributed by atoms with E-state index in [1.807, 2.05) is 6.20 Å². The molecule has 5 nitrogen and oxygen atoms in total. The number of hydrogen-bond donors (Lipinski definition) is 2. The van der Waals surface area contributed by atoms with Crippen LogP contribution in [0, 0.1) is 0 Å². The van der Waals surface area contributed by atoms with Crippen LogP contribution in [0.25, 0.3) is 0 Å². The lowest BCUT2D eigenvalue weighted by molar-refractivity contribution is 0.128. The van der Waals surface area contributed by atoms with Gasteiger partial charge in [0.2, 0.25) is 0 Å². The minimum Gasteiger partial charge on any atom is -0.467 e. The van der Waals surface area contributed by atoms with E-state index in [1.54, 1.807) is 18.4 Å². The summed E-state index contributed by atoms with van der Waals surface area (Å²) in [6, 6.07) is 8.02. The van der Waals surface area contributed by atoms with Crippen LogP contribution >= 0.6 is 0 Å². The molecule has 23 heavy (non-hydrogen) atoms. The van der Waals surface area contributed by atoms with Crippen LogP contribution in [-0.4, -0.2) is 29.2 Å². The molecular weight excluding hydrogens is 290 g/mol. The molecule has 2 unspecified atom stereocenters. The first-order valence-electron chi connectivity index (χ1n) is 8.37. The SMILES string of the molecule is CC(CC(O)c1ccco1)NCc1ccc(N2CCCC2)nc1. The van der Waals surface area contributed by atoms with E-state index in [1.165, 1.54) is 12.8 Å². The molecule has 2 N–H and O–H groups in total. The van der Waals surface area contributed by atoms with Crippen molar-refractivity contribution in [2.24, 2.45) is 0 Å². The molecular formula is C18H25N3O2. The number of aliphatic hydroxyl groups is 1. The molecule has 3 rings (SSSR count). The third kappa shape index (κ3) is 4.33. The van der Waals surface area contributed by atoms with Crippen LogP contribution in [-0.2, 0) is 6.54 Å². The van der Waals surface area contributed by atoms with Gasteiger partial charge in [0.1, 0.15) is 17.7 Å². The second-order valence-electron chi connectivity index (χ2n) is 6.27. The Morgan fingerprint density at radius 1 is 1.30 bits per heavy atom. The molecule has 0 bridgehead atoms. The quantitative estimate of drug-likeness (QED) is 0.822. The van der Waals surface area contributed by atoms with Gasteiger partial charge in [-0.2, -0.15) is 0 Å². The molecule has 0 saturated carbocycles. The zero-order valence-corrected chi connectivity index (χ0v) is 13.6. The van der Waals surface area contributed by atoms with Crippen molar-refractivity contribution in [1.82, 2.24) is 10.3 Å².